The van der Waals surface area contributed by atoms with Crippen molar-refractivity contribution in [2.24, 2.45) is 17.8 Å². The third kappa shape index (κ3) is 7.96. The first-order valence-electron chi connectivity index (χ1n) is 19.5. The lowest BCUT2D eigenvalue weighted by atomic mass is 9.95. The average Bonchev–Trinajstić information content (AvgIpc) is 4.05. The van der Waals surface area contributed by atoms with Gasteiger partial charge in [0.1, 0.15) is 29.8 Å². The summed E-state index contributed by atoms with van der Waals surface area (Å²) in [6.45, 7) is 10.0. The van der Waals surface area contributed by atoms with Crippen molar-refractivity contribution < 1.29 is 28.7 Å². The second-order valence-electron chi connectivity index (χ2n) is 15.9. The number of carbonyl (C=O) groups is 4. The molecule has 4 aromatic rings. The van der Waals surface area contributed by atoms with E-state index in [-0.39, 0.29) is 35.7 Å². The van der Waals surface area contributed by atoms with Crippen LogP contribution < -0.4 is 10.6 Å². The van der Waals surface area contributed by atoms with Crippen LogP contribution in [0.15, 0.2) is 60.3 Å². The number of alkyl carbamates (subject to hydrolysis) is 2. The Morgan fingerprint density at radius 3 is 2.16 bits per heavy atom. The SMILES string of the molecule is COC(=O)N[C@H](C(=O)N1CC(C)=CC1c1ncc(-c2ccc(C#Cc3ccc4nc([C@@H]5[C@@H]6CC[C@@H](C6)N5C(=O)[C@@H](NC(=O)OC)C(C)C)[nH]c4c3)cc2)[nH]1)C(C)C. The first-order valence-corrected chi connectivity index (χ1v) is 19.5. The highest BCUT2D eigenvalue weighted by Crippen LogP contribution is 2.50. The van der Waals surface area contributed by atoms with E-state index >= 15 is 0 Å². The molecule has 298 valence electrons. The monoisotopic (exact) mass is 774 g/mol. The quantitative estimate of drug-likeness (QED) is 0.118. The molecule has 4 heterocycles. The summed E-state index contributed by atoms with van der Waals surface area (Å²) in [5.41, 5.74) is 6.07. The first kappa shape index (κ1) is 39.1. The highest BCUT2D eigenvalue weighted by molar-refractivity contribution is 5.88. The van der Waals surface area contributed by atoms with Gasteiger partial charge in [-0.1, -0.05) is 63.3 Å². The zero-order valence-electron chi connectivity index (χ0n) is 33.4. The van der Waals surface area contributed by atoms with Gasteiger partial charge in [0.15, 0.2) is 0 Å². The number of carbonyl (C=O) groups excluding carboxylic acids is 4. The standard InChI is InChI=1S/C43H50N8O6/c1-23(2)35(48-42(54)56-6)40(52)50-22-25(5)18-34(50)38-44-21-33(47-38)28-13-10-26(11-14-28)8-9-27-12-17-31-32(19-27)46-39(45-31)37-29-15-16-30(20-29)51(37)41(53)36(24(3)4)49-43(55)57-7/h10-14,17-19,21,23-24,29-30,34-37H,15-16,20,22H2,1-7H3,(H,44,47)(H,45,46)(H,48,54)(H,49,55)/t29-,30+,34?,35+,36+,37+/m1/s1. The number of H-pyrrole nitrogens is 2. The number of rotatable bonds is 9. The van der Waals surface area contributed by atoms with Gasteiger partial charge in [-0.3, -0.25) is 9.59 Å². The predicted octanol–water partition coefficient (Wildman–Crippen LogP) is 6.00. The second kappa shape index (κ2) is 16.2. The Balaban J connectivity index is 1.05. The predicted molar refractivity (Wildman–Crippen MR) is 213 cm³/mol. The fourth-order valence-electron chi connectivity index (χ4n) is 8.37. The topological polar surface area (TPSA) is 175 Å². The van der Waals surface area contributed by atoms with Crippen LogP contribution in [-0.2, 0) is 19.1 Å². The van der Waals surface area contributed by atoms with Gasteiger partial charge < -0.3 is 39.9 Å². The highest BCUT2D eigenvalue weighted by atomic mass is 16.5. The van der Waals surface area contributed by atoms with Gasteiger partial charge in [0.25, 0.3) is 0 Å². The number of methoxy groups -OCH3 is 2. The molecule has 3 aliphatic rings. The number of aromatic nitrogens is 4. The third-order valence-corrected chi connectivity index (χ3v) is 11.3. The van der Waals surface area contributed by atoms with Gasteiger partial charge in [-0.25, -0.2) is 19.6 Å². The van der Waals surface area contributed by atoms with E-state index in [0.29, 0.717) is 18.3 Å². The third-order valence-electron chi connectivity index (χ3n) is 11.3. The van der Waals surface area contributed by atoms with Gasteiger partial charge in [0, 0.05) is 23.7 Å². The lowest BCUT2D eigenvalue weighted by molar-refractivity contribution is -0.139. The largest absolute Gasteiger partial charge is 0.453 e. The molecule has 1 saturated carbocycles. The minimum Gasteiger partial charge on any atom is -0.453 e. The van der Waals surface area contributed by atoms with Crippen LogP contribution in [0.1, 0.15) is 88.7 Å². The van der Waals surface area contributed by atoms with E-state index in [4.69, 9.17) is 14.5 Å². The summed E-state index contributed by atoms with van der Waals surface area (Å²) >= 11 is 0. The summed E-state index contributed by atoms with van der Waals surface area (Å²) in [6, 6.07) is 11.8. The number of fused-ring (bicyclic) bond motifs is 3. The van der Waals surface area contributed by atoms with E-state index in [2.05, 4.69) is 37.4 Å². The fraction of sp³-hybridized carbons (Fsp3) is 0.442. The maximum absolute atomic E-state index is 13.9. The molecule has 4 N–H and O–H groups in total. The van der Waals surface area contributed by atoms with Gasteiger partial charge in [-0.05, 0) is 79.8 Å². The number of aromatic amines is 2. The molecule has 2 aliphatic heterocycles. The number of hydrogen-bond donors (Lipinski definition) is 4. The Bertz CT molecular complexity index is 2260. The Labute approximate surface area is 332 Å². The molecule has 2 fully saturated rings. The Morgan fingerprint density at radius 1 is 0.842 bits per heavy atom. The molecule has 57 heavy (non-hydrogen) atoms. The van der Waals surface area contributed by atoms with Crippen LogP contribution in [-0.4, -0.2) is 92.6 Å². The average molecular weight is 775 g/mol. The van der Waals surface area contributed by atoms with Crippen molar-refractivity contribution >= 4 is 35.0 Å². The van der Waals surface area contributed by atoms with Crippen molar-refractivity contribution in [1.29, 1.82) is 0 Å². The molecule has 1 unspecified atom stereocenters. The van der Waals surface area contributed by atoms with Gasteiger partial charge in [-0.2, -0.15) is 0 Å². The molecule has 6 atom stereocenters. The number of imidazole rings is 2. The Morgan fingerprint density at radius 2 is 1.49 bits per heavy atom. The molecule has 2 aromatic carbocycles. The fourth-order valence-corrected chi connectivity index (χ4v) is 8.37. The Hall–Kier alpha value is -6.10. The van der Waals surface area contributed by atoms with Crippen LogP contribution in [0.4, 0.5) is 9.59 Å². The normalized spacial score (nSPS) is 21.0. The van der Waals surface area contributed by atoms with E-state index < -0.39 is 30.3 Å². The summed E-state index contributed by atoms with van der Waals surface area (Å²) in [6.07, 6.45) is 5.39. The molecule has 14 nitrogen and oxygen atoms in total. The van der Waals surface area contributed by atoms with Gasteiger partial charge in [0.2, 0.25) is 11.8 Å². The van der Waals surface area contributed by atoms with Gasteiger partial charge in [0.05, 0.1) is 43.2 Å². The molecule has 1 aliphatic carbocycles. The number of hydrogen-bond acceptors (Lipinski definition) is 8. The summed E-state index contributed by atoms with van der Waals surface area (Å²) in [5, 5.41) is 5.43. The highest BCUT2D eigenvalue weighted by Gasteiger charge is 2.51. The number of nitrogens with zero attached hydrogens (tertiary/aromatic N) is 4. The van der Waals surface area contributed by atoms with Crippen molar-refractivity contribution in [3.05, 3.63) is 83.1 Å². The van der Waals surface area contributed by atoms with Crippen LogP contribution in [0.3, 0.4) is 0 Å². The van der Waals surface area contributed by atoms with Crippen molar-refractivity contribution in [2.45, 2.75) is 84.1 Å². The molecule has 0 radical (unpaired) electrons. The summed E-state index contributed by atoms with van der Waals surface area (Å²) in [4.78, 5) is 71.8. The van der Waals surface area contributed by atoms with Gasteiger partial charge >= 0.3 is 12.2 Å². The van der Waals surface area contributed by atoms with Crippen molar-refractivity contribution in [3.63, 3.8) is 0 Å². The number of benzene rings is 2. The number of ether oxygens (including phenoxy) is 2. The molecule has 0 spiro atoms. The molecule has 2 aromatic heterocycles. The van der Waals surface area contributed by atoms with Gasteiger partial charge in [-0.15, -0.1) is 0 Å². The lowest BCUT2D eigenvalue weighted by Crippen LogP contribution is -2.54. The van der Waals surface area contributed by atoms with Crippen molar-refractivity contribution in [1.82, 2.24) is 40.4 Å². The molecule has 4 amide bonds. The van der Waals surface area contributed by atoms with Crippen LogP contribution >= 0.6 is 0 Å². The smallest absolute Gasteiger partial charge is 0.407 e. The summed E-state index contributed by atoms with van der Waals surface area (Å²) in [7, 11) is 2.58. The molecular formula is C43H50N8O6. The Kier molecular flexibility index (Phi) is 11.1. The van der Waals surface area contributed by atoms with Crippen LogP contribution in [0.2, 0.25) is 0 Å². The minimum absolute atomic E-state index is 0.107. The summed E-state index contributed by atoms with van der Waals surface area (Å²) in [5.74, 6) is 7.66. The number of likely N-dealkylation sites (tertiary alicyclic amines) is 1. The molecule has 2 bridgehead atoms. The van der Waals surface area contributed by atoms with E-state index in [9.17, 15) is 19.2 Å². The second-order valence-corrected chi connectivity index (χ2v) is 15.9. The van der Waals surface area contributed by atoms with Crippen molar-refractivity contribution in [2.75, 3.05) is 20.8 Å². The number of amides is 4. The maximum Gasteiger partial charge on any atom is 0.407 e. The van der Waals surface area contributed by atoms with E-state index in [1.54, 1.807) is 11.1 Å². The number of piperidine rings is 1. The van der Waals surface area contributed by atoms with Crippen LogP contribution in [0.25, 0.3) is 22.3 Å². The van der Waals surface area contributed by atoms with E-state index in [1.807, 2.05) is 88.1 Å². The molecular weight excluding hydrogens is 725 g/mol. The molecule has 7 rings (SSSR count). The maximum atomic E-state index is 13.9. The first-order chi connectivity index (χ1) is 27.3. The zero-order chi connectivity index (χ0) is 40.5. The summed E-state index contributed by atoms with van der Waals surface area (Å²) < 4.78 is 9.57. The van der Waals surface area contributed by atoms with Crippen LogP contribution in [0.5, 0.6) is 0 Å². The van der Waals surface area contributed by atoms with Crippen LogP contribution in [0, 0.1) is 29.6 Å². The zero-order valence-corrected chi connectivity index (χ0v) is 33.4. The van der Waals surface area contributed by atoms with E-state index in [1.165, 1.54) is 14.2 Å². The minimum atomic E-state index is -0.738. The lowest BCUT2D eigenvalue weighted by Gasteiger charge is -2.37. The van der Waals surface area contributed by atoms with Crippen molar-refractivity contribution in [3.8, 4) is 23.1 Å². The van der Waals surface area contributed by atoms with E-state index in [0.717, 1.165) is 64.1 Å². The number of nitrogens with one attached hydrogen (secondary N) is 4. The molecule has 14 heteroatoms. The molecule has 1 saturated heterocycles.